The van der Waals surface area contributed by atoms with Gasteiger partial charge in [-0.3, -0.25) is 0 Å². The third-order valence-electron chi connectivity index (χ3n) is 11.4. The van der Waals surface area contributed by atoms with Crippen molar-refractivity contribution in [1.29, 1.82) is 0 Å². The van der Waals surface area contributed by atoms with Crippen molar-refractivity contribution in [1.82, 2.24) is 0 Å². The van der Waals surface area contributed by atoms with E-state index in [9.17, 15) is 0 Å². The Hall–Kier alpha value is -6.19. The van der Waals surface area contributed by atoms with Gasteiger partial charge in [-0.1, -0.05) is 114 Å². The first-order chi connectivity index (χ1) is 25.7. The second kappa shape index (κ2) is 12.5. The summed E-state index contributed by atoms with van der Waals surface area (Å²) in [6.45, 7) is 8.89. The lowest BCUT2D eigenvalue weighted by Crippen LogP contribution is -2.58. The van der Waals surface area contributed by atoms with Gasteiger partial charge >= 0.3 is 0 Å². The van der Waals surface area contributed by atoms with Crippen LogP contribution >= 0.6 is 0 Å². The minimum Gasteiger partial charge on any atom is -0.462 e. The Morgan fingerprint density at radius 2 is 1.09 bits per heavy atom. The summed E-state index contributed by atoms with van der Waals surface area (Å²) in [6, 6.07) is 57.2. The molecule has 0 amide bonds. The van der Waals surface area contributed by atoms with E-state index in [2.05, 4.69) is 214 Å². The number of ether oxygens (including phenoxy) is 1. The lowest BCUT2D eigenvalue weighted by atomic mass is 9.76. The maximum absolute atomic E-state index is 7.43. The molecule has 3 nitrogen and oxygen atoms in total. The molecule has 258 valence electrons. The molecule has 1 unspecified atom stereocenters. The summed E-state index contributed by atoms with van der Waals surface area (Å²) in [7, 11) is 2.16. The third kappa shape index (κ3) is 5.30. The van der Waals surface area contributed by atoms with Crippen LogP contribution in [0, 0.1) is 13.8 Å². The maximum Gasteiger partial charge on any atom is 0.219 e. The lowest BCUT2D eigenvalue weighted by Gasteiger charge is -2.46. The van der Waals surface area contributed by atoms with E-state index in [1.807, 2.05) is 0 Å². The maximum atomic E-state index is 7.43. The minimum atomic E-state index is -0.695. The monoisotopic (exact) mass is 687 g/mol. The first-order valence-corrected chi connectivity index (χ1v) is 18.5. The fourth-order valence-corrected chi connectivity index (χ4v) is 8.37. The SMILES string of the molecule is Cc1ccc(-c2cc(-c3ccccc3)cc(-c3ccc(C)cc3)[n+]2-c2cc3c(c(-c4ccccc4)c2)OC2(C=C3)N(C)c3ccccc3C2(C)C)cc1. The van der Waals surface area contributed by atoms with Crippen LogP contribution < -0.4 is 14.2 Å². The van der Waals surface area contributed by atoms with Gasteiger partial charge in [-0.25, -0.2) is 0 Å². The Balaban J connectivity index is 1.33. The lowest BCUT2D eigenvalue weighted by molar-refractivity contribution is -0.572. The molecule has 1 aromatic heterocycles. The van der Waals surface area contributed by atoms with Crippen molar-refractivity contribution in [2.45, 2.75) is 38.8 Å². The molecule has 0 radical (unpaired) electrons. The Bertz CT molecular complexity index is 2450. The number of anilines is 1. The molecule has 7 aromatic rings. The van der Waals surface area contributed by atoms with Crippen molar-refractivity contribution in [3.8, 4) is 56.2 Å². The standard InChI is InChI=1S/C50H43N2O/c1-34-20-24-38(25-21-34)46-31-41(36-14-8-6-9-15-36)32-47(39-26-22-35(2)23-27-39)52(46)42-30-40-28-29-50(49(3,4)44-18-12-13-19-45(44)51(50)5)53-48(40)43(33-42)37-16-10-7-11-17-37/h6-33H,1-5H3/q+1. The Morgan fingerprint density at radius 1 is 0.547 bits per heavy atom. The van der Waals surface area contributed by atoms with Crippen LogP contribution in [-0.4, -0.2) is 12.8 Å². The minimum absolute atomic E-state index is 0.307. The molecule has 3 heterocycles. The number of aryl methyl sites for hydroxylation is 2. The van der Waals surface area contributed by atoms with Crippen molar-refractivity contribution >= 4 is 11.8 Å². The van der Waals surface area contributed by atoms with Gasteiger partial charge in [-0.05, 0) is 92.4 Å². The normalized spacial score (nSPS) is 16.7. The van der Waals surface area contributed by atoms with Crippen molar-refractivity contribution in [2.24, 2.45) is 0 Å². The summed E-state index contributed by atoms with van der Waals surface area (Å²) in [5.74, 6) is 0.894. The number of para-hydroxylation sites is 1. The van der Waals surface area contributed by atoms with E-state index in [4.69, 9.17) is 4.74 Å². The van der Waals surface area contributed by atoms with Gasteiger partial charge < -0.3 is 9.64 Å². The van der Waals surface area contributed by atoms with Gasteiger partial charge in [0.2, 0.25) is 22.8 Å². The predicted molar refractivity (Wildman–Crippen MR) is 219 cm³/mol. The largest absolute Gasteiger partial charge is 0.462 e. The molecule has 0 saturated heterocycles. The van der Waals surface area contributed by atoms with E-state index < -0.39 is 5.72 Å². The van der Waals surface area contributed by atoms with Gasteiger partial charge in [0.15, 0.2) is 0 Å². The zero-order valence-electron chi connectivity index (χ0n) is 31.0. The average Bonchev–Trinajstić information content (AvgIpc) is 3.35. The van der Waals surface area contributed by atoms with E-state index >= 15 is 0 Å². The van der Waals surface area contributed by atoms with Gasteiger partial charge in [-0.2, -0.15) is 4.57 Å². The summed E-state index contributed by atoms with van der Waals surface area (Å²) in [4.78, 5) is 2.31. The molecule has 0 bridgehead atoms. The molecular formula is C50H43N2O+. The molecule has 1 spiro atoms. The topological polar surface area (TPSA) is 16.4 Å². The van der Waals surface area contributed by atoms with E-state index in [-0.39, 0.29) is 5.41 Å². The number of fused-ring (bicyclic) bond motifs is 2. The number of likely N-dealkylation sites (N-methyl/N-ethyl adjacent to an activating group) is 1. The Labute approximate surface area is 313 Å². The molecule has 0 saturated carbocycles. The van der Waals surface area contributed by atoms with Crippen LogP contribution in [0.1, 0.15) is 36.1 Å². The summed E-state index contributed by atoms with van der Waals surface area (Å²) < 4.78 is 9.87. The highest BCUT2D eigenvalue weighted by Crippen LogP contribution is 2.55. The fraction of sp³-hybridized carbons (Fsp3) is 0.140. The molecular weight excluding hydrogens is 645 g/mol. The van der Waals surface area contributed by atoms with Crippen molar-refractivity contribution in [3.05, 3.63) is 186 Å². The summed E-state index contributed by atoms with van der Waals surface area (Å²) in [5.41, 5.74) is 15.1. The van der Waals surface area contributed by atoms with E-state index in [1.165, 1.54) is 33.5 Å². The molecule has 0 N–H and O–H groups in total. The van der Waals surface area contributed by atoms with Gasteiger partial charge in [-0.15, -0.1) is 0 Å². The van der Waals surface area contributed by atoms with Crippen LogP contribution in [-0.2, 0) is 5.41 Å². The first kappa shape index (κ1) is 32.7. The molecule has 1 atom stereocenters. The third-order valence-corrected chi connectivity index (χ3v) is 11.4. The zero-order chi connectivity index (χ0) is 36.3. The predicted octanol–water partition coefficient (Wildman–Crippen LogP) is 11.8. The van der Waals surface area contributed by atoms with Gasteiger partial charge in [0.25, 0.3) is 0 Å². The summed E-state index contributed by atoms with van der Waals surface area (Å²) in [6.07, 6.45) is 4.56. The second-order valence-corrected chi connectivity index (χ2v) is 15.1. The van der Waals surface area contributed by atoms with Crippen LogP contribution in [0.25, 0.3) is 56.5 Å². The quantitative estimate of drug-likeness (QED) is 0.168. The van der Waals surface area contributed by atoms with Gasteiger partial charge in [0.1, 0.15) is 5.75 Å². The van der Waals surface area contributed by atoms with Crippen molar-refractivity contribution in [2.75, 3.05) is 11.9 Å². The second-order valence-electron chi connectivity index (χ2n) is 15.1. The number of pyridine rings is 1. The van der Waals surface area contributed by atoms with Crippen LogP contribution in [0.15, 0.2) is 164 Å². The van der Waals surface area contributed by atoms with Crippen LogP contribution in [0.5, 0.6) is 5.75 Å². The highest BCUT2D eigenvalue weighted by atomic mass is 16.5. The smallest absolute Gasteiger partial charge is 0.219 e. The molecule has 2 aliphatic rings. The number of aromatic nitrogens is 1. The summed E-state index contributed by atoms with van der Waals surface area (Å²) >= 11 is 0. The number of hydrogen-bond acceptors (Lipinski definition) is 2. The molecule has 9 rings (SSSR count). The first-order valence-electron chi connectivity index (χ1n) is 18.5. The number of nitrogens with zero attached hydrogens (tertiary/aromatic N) is 2. The highest BCUT2D eigenvalue weighted by Gasteiger charge is 2.57. The van der Waals surface area contributed by atoms with E-state index in [0.29, 0.717) is 0 Å². The zero-order valence-corrected chi connectivity index (χ0v) is 31.0. The van der Waals surface area contributed by atoms with Crippen LogP contribution in [0.3, 0.4) is 0 Å². The fourth-order valence-electron chi connectivity index (χ4n) is 8.37. The average molecular weight is 688 g/mol. The van der Waals surface area contributed by atoms with Crippen LogP contribution in [0.4, 0.5) is 5.69 Å². The van der Waals surface area contributed by atoms with Gasteiger partial charge in [0, 0.05) is 59.3 Å². The van der Waals surface area contributed by atoms with E-state index in [1.54, 1.807) is 0 Å². The van der Waals surface area contributed by atoms with Gasteiger partial charge in [0.05, 0.1) is 5.41 Å². The Morgan fingerprint density at radius 3 is 1.68 bits per heavy atom. The number of rotatable bonds is 5. The highest BCUT2D eigenvalue weighted by molar-refractivity contribution is 5.83. The van der Waals surface area contributed by atoms with Crippen molar-refractivity contribution in [3.63, 3.8) is 0 Å². The number of benzene rings is 6. The summed E-state index contributed by atoms with van der Waals surface area (Å²) in [5, 5.41) is 0. The molecule has 2 aliphatic heterocycles. The van der Waals surface area contributed by atoms with Crippen LogP contribution in [0.2, 0.25) is 0 Å². The number of hydrogen-bond donors (Lipinski definition) is 0. The molecule has 3 heteroatoms. The molecule has 6 aromatic carbocycles. The van der Waals surface area contributed by atoms with Crippen molar-refractivity contribution < 1.29 is 9.30 Å². The molecule has 0 aliphatic carbocycles. The molecule has 0 fully saturated rings. The molecule has 53 heavy (non-hydrogen) atoms. The van der Waals surface area contributed by atoms with E-state index in [0.717, 1.165) is 50.6 Å². The Kier molecular flexibility index (Phi) is 7.71.